The number of amides is 1. The van der Waals surface area contributed by atoms with Gasteiger partial charge in [-0.25, -0.2) is 4.68 Å². The fourth-order valence-electron chi connectivity index (χ4n) is 3.65. The molecule has 0 aliphatic rings. The predicted octanol–water partition coefficient (Wildman–Crippen LogP) is 5.97. The van der Waals surface area contributed by atoms with Crippen molar-refractivity contribution in [3.05, 3.63) is 106 Å². The first-order valence-corrected chi connectivity index (χ1v) is 12.4. The molecular formula is C27H26BrClN4O2. The minimum Gasteiger partial charge on any atom is -0.373 e. The Labute approximate surface area is 218 Å². The molecule has 3 N–H and O–H groups in total. The molecule has 1 aromatic heterocycles. The fourth-order valence-corrected chi connectivity index (χ4v) is 4.10. The van der Waals surface area contributed by atoms with Crippen molar-refractivity contribution in [3.8, 4) is 16.9 Å². The molecule has 0 saturated carbocycles. The number of rotatable bonds is 9. The number of nitrogens with zero attached hydrogens (tertiary/aromatic N) is 2. The Bertz CT molecular complexity index is 1290. The zero-order valence-corrected chi connectivity index (χ0v) is 21.6. The molecule has 180 valence electrons. The van der Waals surface area contributed by atoms with Crippen LogP contribution in [0.3, 0.4) is 0 Å². The third-order valence-corrected chi connectivity index (χ3v) is 6.41. The molecule has 8 heteroatoms. The Balaban J connectivity index is 1.61. The van der Waals surface area contributed by atoms with Gasteiger partial charge in [0.1, 0.15) is 5.66 Å². The van der Waals surface area contributed by atoms with Crippen LogP contribution in [0.25, 0.3) is 16.9 Å². The number of hydrogen-bond acceptors (Lipinski definition) is 4. The highest BCUT2D eigenvalue weighted by molar-refractivity contribution is 9.10. The predicted molar refractivity (Wildman–Crippen MR) is 142 cm³/mol. The molecule has 1 heterocycles. The van der Waals surface area contributed by atoms with Crippen LogP contribution in [-0.2, 0) is 11.3 Å². The van der Waals surface area contributed by atoms with Crippen LogP contribution in [0.5, 0.6) is 0 Å². The Hall–Kier alpha value is -2.97. The van der Waals surface area contributed by atoms with Gasteiger partial charge >= 0.3 is 0 Å². The molecule has 0 fully saturated rings. The maximum absolute atomic E-state index is 13.5. The van der Waals surface area contributed by atoms with Crippen molar-refractivity contribution in [2.45, 2.75) is 25.6 Å². The zero-order chi connectivity index (χ0) is 24.8. The molecule has 0 spiro atoms. The van der Waals surface area contributed by atoms with Crippen molar-refractivity contribution in [1.82, 2.24) is 15.1 Å². The Morgan fingerprint density at radius 1 is 1.11 bits per heavy atom. The second-order valence-corrected chi connectivity index (χ2v) is 9.60. The molecule has 1 amide bonds. The Morgan fingerprint density at radius 3 is 2.54 bits per heavy atom. The van der Waals surface area contributed by atoms with E-state index in [1.54, 1.807) is 23.0 Å². The summed E-state index contributed by atoms with van der Waals surface area (Å²) in [4.78, 5) is 13.5. The number of ether oxygens (including phenoxy) is 1. The molecule has 1 atom stereocenters. The minimum absolute atomic E-state index is 0.167. The average Bonchev–Trinajstić information content (AvgIpc) is 3.31. The molecule has 6 nitrogen and oxygen atoms in total. The summed E-state index contributed by atoms with van der Waals surface area (Å²) in [5, 5.41) is 8.06. The summed E-state index contributed by atoms with van der Waals surface area (Å²) in [6.45, 7) is 2.49. The lowest BCUT2D eigenvalue weighted by Crippen LogP contribution is -2.58. The topological polar surface area (TPSA) is 82.2 Å². The van der Waals surface area contributed by atoms with E-state index in [1.807, 2.05) is 73.7 Å². The molecule has 4 aromatic rings. The smallest absolute Gasteiger partial charge is 0.256 e. The highest BCUT2D eigenvalue weighted by atomic mass is 79.9. The summed E-state index contributed by atoms with van der Waals surface area (Å²) in [6.07, 6.45) is 2.04. The molecule has 0 bridgehead atoms. The minimum atomic E-state index is -1.04. The van der Waals surface area contributed by atoms with Crippen LogP contribution in [-0.4, -0.2) is 28.0 Å². The van der Waals surface area contributed by atoms with Gasteiger partial charge in [-0.05, 0) is 42.3 Å². The van der Waals surface area contributed by atoms with Gasteiger partial charge in [0, 0.05) is 15.1 Å². The molecule has 0 aliphatic heterocycles. The lowest BCUT2D eigenvalue weighted by Gasteiger charge is -2.29. The van der Waals surface area contributed by atoms with E-state index in [9.17, 15) is 4.79 Å². The molecular weight excluding hydrogens is 528 g/mol. The highest BCUT2D eigenvalue weighted by Crippen LogP contribution is 2.29. The van der Waals surface area contributed by atoms with E-state index in [4.69, 9.17) is 22.1 Å². The fraction of sp³-hybridized carbons (Fsp3) is 0.185. The van der Waals surface area contributed by atoms with Crippen LogP contribution in [0.4, 0.5) is 0 Å². The van der Waals surface area contributed by atoms with E-state index < -0.39 is 5.66 Å². The van der Waals surface area contributed by atoms with Crippen molar-refractivity contribution < 1.29 is 9.53 Å². The second-order valence-electron chi connectivity index (χ2n) is 8.25. The monoisotopic (exact) mass is 552 g/mol. The van der Waals surface area contributed by atoms with Gasteiger partial charge in [-0.15, -0.1) is 0 Å². The van der Waals surface area contributed by atoms with Crippen molar-refractivity contribution in [1.29, 1.82) is 0 Å². The number of nitrogens with two attached hydrogens (primary N) is 1. The van der Waals surface area contributed by atoms with Gasteiger partial charge in [-0.3, -0.25) is 4.79 Å². The van der Waals surface area contributed by atoms with E-state index in [1.165, 1.54) is 0 Å². The van der Waals surface area contributed by atoms with E-state index in [0.717, 1.165) is 21.3 Å². The lowest BCUT2D eigenvalue weighted by molar-refractivity contribution is 0.0509. The van der Waals surface area contributed by atoms with Crippen LogP contribution in [0, 0.1) is 0 Å². The first-order chi connectivity index (χ1) is 16.9. The van der Waals surface area contributed by atoms with Crippen LogP contribution >= 0.6 is 27.5 Å². The number of aromatic nitrogens is 2. The maximum Gasteiger partial charge on any atom is 0.256 e. The normalized spacial score (nSPS) is 12.8. The van der Waals surface area contributed by atoms with E-state index in [2.05, 4.69) is 26.3 Å². The highest BCUT2D eigenvalue weighted by Gasteiger charge is 2.29. The Morgan fingerprint density at radius 2 is 1.86 bits per heavy atom. The largest absolute Gasteiger partial charge is 0.373 e. The standard InChI is InChI=1S/C27H26BrClN4O2/c1-2-27(30,18-35-17-19-7-4-3-5-8-19)32-26(34)24-16-31-33(23-10-6-9-22(29)15-23)25(24)20-11-13-21(28)14-12-20/h3-16H,2,17-18,30H2,1H3,(H,32,34)/t27-/m1/s1. The number of benzene rings is 3. The van der Waals surface area contributed by atoms with Gasteiger partial charge in [0.2, 0.25) is 0 Å². The summed E-state index contributed by atoms with van der Waals surface area (Å²) >= 11 is 9.69. The Kier molecular flexibility index (Phi) is 8.03. The molecule has 0 radical (unpaired) electrons. The number of halogens is 2. The number of nitrogens with one attached hydrogen (secondary N) is 1. The van der Waals surface area contributed by atoms with E-state index >= 15 is 0 Å². The van der Waals surface area contributed by atoms with Gasteiger partial charge < -0.3 is 15.8 Å². The molecule has 35 heavy (non-hydrogen) atoms. The first-order valence-electron chi connectivity index (χ1n) is 11.2. The molecule has 4 rings (SSSR count). The van der Waals surface area contributed by atoms with Crippen LogP contribution in [0.15, 0.2) is 89.5 Å². The molecule has 3 aromatic carbocycles. The van der Waals surface area contributed by atoms with Gasteiger partial charge in [0.05, 0.1) is 36.4 Å². The van der Waals surface area contributed by atoms with Crippen molar-refractivity contribution in [3.63, 3.8) is 0 Å². The number of hydrogen-bond donors (Lipinski definition) is 2. The first kappa shape index (κ1) is 25.1. The average molecular weight is 554 g/mol. The van der Waals surface area contributed by atoms with Crippen molar-refractivity contribution >= 4 is 33.4 Å². The summed E-state index contributed by atoms with van der Waals surface area (Å²) in [6, 6.07) is 24.9. The SMILES string of the molecule is CC[C@](N)(COCc1ccccc1)NC(=O)c1cnn(-c2cccc(Cl)c2)c1-c1ccc(Br)cc1. The van der Waals surface area contributed by atoms with Gasteiger partial charge in [0.15, 0.2) is 0 Å². The molecule has 0 unspecified atom stereocenters. The van der Waals surface area contributed by atoms with Crippen LogP contribution in [0.1, 0.15) is 29.3 Å². The van der Waals surface area contributed by atoms with Gasteiger partial charge in [-0.2, -0.15) is 5.10 Å². The summed E-state index contributed by atoms with van der Waals surface area (Å²) in [7, 11) is 0. The van der Waals surface area contributed by atoms with Crippen LogP contribution in [0.2, 0.25) is 5.02 Å². The third kappa shape index (κ3) is 6.18. The summed E-state index contributed by atoms with van der Waals surface area (Å²) in [5.41, 5.74) is 9.15. The van der Waals surface area contributed by atoms with Crippen LogP contribution < -0.4 is 11.1 Å². The third-order valence-electron chi connectivity index (χ3n) is 5.65. The summed E-state index contributed by atoms with van der Waals surface area (Å²) in [5.74, 6) is -0.330. The van der Waals surface area contributed by atoms with Gasteiger partial charge in [0.25, 0.3) is 5.91 Å². The summed E-state index contributed by atoms with van der Waals surface area (Å²) < 4.78 is 8.49. The van der Waals surface area contributed by atoms with Gasteiger partial charge in [-0.1, -0.05) is 83.0 Å². The van der Waals surface area contributed by atoms with E-state index in [-0.39, 0.29) is 12.5 Å². The van der Waals surface area contributed by atoms with Crippen molar-refractivity contribution in [2.75, 3.05) is 6.61 Å². The van der Waals surface area contributed by atoms with E-state index in [0.29, 0.717) is 29.3 Å². The zero-order valence-electron chi connectivity index (χ0n) is 19.2. The molecule has 0 aliphatic carbocycles. The lowest BCUT2D eigenvalue weighted by atomic mass is 10.0. The number of carbonyl (C=O) groups excluding carboxylic acids is 1. The maximum atomic E-state index is 13.5. The molecule has 0 saturated heterocycles. The van der Waals surface area contributed by atoms with Crippen molar-refractivity contribution in [2.24, 2.45) is 5.73 Å². The second kappa shape index (κ2) is 11.2. The quantitative estimate of drug-likeness (QED) is 0.250. The number of carbonyl (C=O) groups is 1.